The van der Waals surface area contributed by atoms with Gasteiger partial charge in [-0.2, -0.15) is 0 Å². The average molecular weight is 267 g/mol. The summed E-state index contributed by atoms with van der Waals surface area (Å²) < 4.78 is 0. The molecule has 0 bridgehead atoms. The van der Waals surface area contributed by atoms with Crippen LogP contribution in [0.25, 0.3) is 0 Å². The standard InChI is InChI=1S/C16H33N3/c1-15(2)19-12-10-17(11-13-19)9-6-16(3)14-18-7-4-5-8-18/h15-16H,4-14H2,1-3H3. The van der Waals surface area contributed by atoms with E-state index in [1.54, 1.807) is 0 Å². The molecular weight excluding hydrogens is 234 g/mol. The van der Waals surface area contributed by atoms with Crippen LogP contribution in [0, 0.1) is 5.92 Å². The monoisotopic (exact) mass is 267 g/mol. The molecule has 0 spiro atoms. The van der Waals surface area contributed by atoms with E-state index >= 15 is 0 Å². The van der Waals surface area contributed by atoms with Crippen LogP contribution >= 0.6 is 0 Å². The van der Waals surface area contributed by atoms with Crippen molar-refractivity contribution in [3.63, 3.8) is 0 Å². The summed E-state index contributed by atoms with van der Waals surface area (Å²) in [7, 11) is 0. The number of likely N-dealkylation sites (tertiary alicyclic amines) is 1. The summed E-state index contributed by atoms with van der Waals surface area (Å²) in [5.74, 6) is 0.862. The fourth-order valence-electron chi connectivity index (χ4n) is 3.40. The molecule has 0 aliphatic carbocycles. The van der Waals surface area contributed by atoms with E-state index in [-0.39, 0.29) is 0 Å². The third kappa shape index (κ3) is 5.05. The van der Waals surface area contributed by atoms with Gasteiger partial charge in [-0.15, -0.1) is 0 Å². The van der Waals surface area contributed by atoms with Gasteiger partial charge in [0, 0.05) is 38.8 Å². The van der Waals surface area contributed by atoms with Crippen molar-refractivity contribution in [1.29, 1.82) is 0 Å². The van der Waals surface area contributed by atoms with Crippen molar-refractivity contribution in [2.75, 3.05) is 52.4 Å². The zero-order valence-electron chi connectivity index (χ0n) is 13.3. The molecule has 0 aromatic carbocycles. The van der Waals surface area contributed by atoms with Crippen LogP contribution in [0.3, 0.4) is 0 Å². The molecule has 0 aromatic heterocycles. The maximum atomic E-state index is 2.67. The molecule has 2 saturated heterocycles. The summed E-state index contributed by atoms with van der Waals surface area (Å²) in [5.41, 5.74) is 0. The van der Waals surface area contributed by atoms with Crippen molar-refractivity contribution in [3.05, 3.63) is 0 Å². The second kappa shape index (κ2) is 7.61. The lowest BCUT2D eigenvalue weighted by Gasteiger charge is -2.37. The molecular formula is C16H33N3. The Morgan fingerprint density at radius 1 is 0.789 bits per heavy atom. The van der Waals surface area contributed by atoms with E-state index in [0.29, 0.717) is 0 Å². The van der Waals surface area contributed by atoms with Gasteiger partial charge in [0.25, 0.3) is 0 Å². The molecule has 3 nitrogen and oxygen atoms in total. The predicted molar refractivity (Wildman–Crippen MR) is 82.6 cm³/mol. The molecule has 0 amide bonds. The molecule has 2 aliphatic heterocycles. The molecule has 0 N–H and O–H groups in total. The maximum Gasteiger partial charge on any atom is 0.0113 e. The van der Waals surface area contributed by atoms with Gasteiger partial charge in [0.05, 0.1) is 0 Å². The molecule has 19 heavy (non-hydrogen) atoms. The van der Waals surface area contributed by atoms with Gasteiger partial charge in [-0.1, -0.05) is 6.92 Å². The SMILES string of the molecule is CC(CCN1CCN(C(C)C)CC1)CN1CCCC1. The first-order valence-corrected chi connectivity index (χ1v) is 8.34. The minimum atomic E-state index is 0.719. The van der Waals surface area contributed by atoms with E-state index in [2.05, 4.69) is 35.5 Å². The minimum absolute atomic E-state index is 0.719. The number of hydrogen-bond acceptors (Lipinski definition) is 3. The first-order valence-electron chi connectivity index (χ1n) is 8.34. The fourth-order valence-corrected chi connectivity index (χ4v) is 3.40. The summed E-state index contributed by atoms with van der Waals surface area (Å²) >= 11 is 0. The summed E-state index contributed by atoms with van der Waals surface area (Å²) in [5, 5.41) is 0. The highest BCUT2D eigenvalue weighted by Gasteiger charge is 2.20. The summed E-state index contributed by atoms with van der Waals surface area (Å²) in [6.45, 7) is 17.4. The molecule has 0 saturated carbocycles. The van der Waals surface area contributed by atoms with Gasteiger partial charge >= 0.3 is 0 Å². The zero-order chi connectivity index (χ0) is 13.7. The molecule has 2 heterocycles. The smallest absolute Gasteiger partial charge is 0.0113 e. The van der Waals surface area contributed by atoms with Crippen molar-refractivity contribution in [1.82, 2.24) is 14.7 Å². The summed E-state index contributed by atoms with van der Waals surface area (Å²) in [4.78, 5) is 7.92. The van der Waals surface area contributed by atoms with Gasteiger partial charge in [-0.3, -0.25) is 4.90 Å². The highest BCUT2D eigenvalue weighted by Crippen LogP contribution is 2.14. The largest absolute Gasteiger partial charge is 0.303 e. The van der Waals surface area contributed by atoms with Gasteiger partial charge in [0.1, 0.15) is 0 Å². The number of nitrogens with zero attached hydrogens (tertiary/aromatic N) is 3. The number of piperazine rings is 1. The number of rotatable bonds is 6. The Morgan fingerprint density at radius 3 is 2.00 bits per heavy atom. The van der Waals surface area contributed by atoms with Crippen LogP contribution in [0.2, 0.25) is 0 Å². The molecule has 3 heteroatoms. The second-order valence-electron chi connectivity index (χ2n) is 6.87. The lowest BCUT2D eigenvalue weighted by Crippen LogP contribution is -2.49. The van der Waals surface area contributed by atoms with E-state index in [1.165, 1.54) is 71.6 Å². The minimum Gasteiger partial charge on any atom is -0.303 e. The van der Waals surface area contributed by atoms with Crippen LogP contribution in [0.15, 0.2) is 0 Å². The third-order valence-electron chi connectivity index (χ3n) is 4.84. The van der Waals surface area contributed by atoms with Crippen molar-refractivity contribution in [2.24, 2.45) is 5.92 Å². The Balaban J connectivity index is 1.58. The lowest BCUT2D eigenvalue weighted by atomic mass is 10.1. The predicted octanol–water partition coefficient (Wildman–Crippen LogP) is 2.13. The molecule has 112 valence electrons. The van der Waals surface area contributed by atoms with E-state index in [9.17, 15) is 0 Å². The molecule has 2 aliphatic rings. The summed E-state index contributed by atoms with van der Waals surface area (Å²) in [6, 6.07) is 0.719. The average Bonchev–Trinajstić information content (AvgIpc) is 2.89. The second-order valence-corrected chi connectivity index (χ2v) is 6.87. The van der Waals surface area contributed by atoms with E-state index in [4.69, 9.17) is 0 Å². The van der Waals surface area contributed by atoms with Crippen LogP contribution in [-0.2, 0) is 0 Å². The zero-order valence-corrected chi connectivity index (χ0v) is 13.3. The van der Waals surface area contributed by atoms with Gasteiger partial charge < -0.3 is 9.80 Å². The molecule has 1 atom stereocenters. The molecule has 1 unspecified atom stereocenters. The third-order valence-corrected chi connectivity index (χ3v) is 4.84. The van der Waals surface area contributed by atoms with Crippen LogP contribution in [0.4, 0.5) is 0 Å². The van der Waals surface area contributed by atoms with Crippen LogP contribution in [0.1, 0.15) is 40.0 Å². The first-order chi connectivity index (χ1) is 9.15. The normalized spacial score (nSPS) is 25.3. The Hall–Kier alpha value is -0.120. The van der Waals surface area contributed by atoms with Gasteiger partial charge in [0.2, 0.25) is 0 Å². The Morgan fingerprint density at radius 2 is 1.42 bits per heavy atom. The highest BCUT2D eigenvalue weighted by atomic mass is 15.3. The molecule has 0 aromatic rings. The van der Waals surface area contributed by atoms with Crippen molar-refractivity contribution < 1.29 is 0 Å². The Labute approximate surface area is 119 Å². The molecule has 0 radical (unpaired) electrons. The number of hydrogen-bond donors (Lipinski definition) is 0. The Bertz CT molecular complexity index is 240. The van der Waals surface area contributed by atoms with Gasteiger partial charge in [-0.05, 0) is 58.7 Å². The van der Waals surface area contributed by atoms with Crippen LogP contribution < -0.4 is 0 Å². The van der Waals surface area contributed by atoms with Crippen molar-refractivity contribution in [3.8, 4) is 0 Å². The summed E-state index contributed by atoms with van der Waals surface area (Å²) in [6.07, 6.45) is 4.21. The van der Waals surface area contributed by atoms with Crippen LogP contribution in [0.5, 0.6) is 0 Å². The van der Waals surface area contributed by atoms with Gasteiger partial charge in [-0.25, -0.2) is 0 Å². The topological polar surface area (TPSA) is 9.72 Å². The Kier molecular flexibility index (Phi) is 6.11. The quantitative estimate of drug-likeness (QED) is 0.730. The van der Waals surface area contributed by atoms with Crippen LogP contribution in [-0.4, -0.2) is 73.1 Å². The molecule has 2 fully saturated rings. The molecule has 2 rings (SSSR count). The van der Waals surface area contributed by atoms with Crippen molar-refractivity contribution >= 4 is 0 Å². The first kappa shape index (κ1) is 15.3. The van der Waals surface area contributed by atoms with Crippen molar-refractivity contribution in [2.45, 2.75) is 46.1 Å². The van der Waals surface area contributed by atoms with E-state index in [1.807, 2.05) is 0 Å². The lowest BCUT2D eigenvalue weighted by molar-refractivity contribution is 0.103. The fraction of sp³-hybridized carbons (Fsp3) is 1.00. The van der Waals surface area contributed by atoms with Gasteiger partial charge in [0.15, 0.2) is 0 Å². The maximum absolute atomic E-state index is 2.67. The highest BCUT2D eigenvalue weighted by molar-refractivity contribution is 4.75. The van der Waals surface area contributed by atoms with E-state index in [0.717, 1.165) is 12.0 Å². The van der Waals surface area contributed by atoms with E-state index < -0.39 is 0 Å².